The second-order valence-corrected chi connectivity index (χ2v) is 4.17. The van der Waals surface area contributed by atoms with Gasteiger partial charge in [0.25, 0.3) is 0 Å². The minimum atomic E-state index is 1.05. The van der Waals surface area contributed by atoms with Crippen molar-refractivity contribution in [1.29, 1.82) is 0 Å². The molecule has 0 unspecified atom stereocenters. The molecule has 0 spiro atoms. The summed E-state index contributed by atoms with van der Waals surface area (Å²) in [6.07, 6.45) is 0. The highest BCUT2D eigenvalue weighted by Crippen LogP contribution is 2.20. The molecule has 0 N–H and O–H groups in total. The summed E-state index contributed by atoms with van der Waals surface area (Å²) in [6, 6.07) is 14.9. The molecule has 0 bridgehead atoms. The van der Waals surface area contributed by atoms with Gasteiger partial charge in [0.2, 0.25) is 5.69 Å². The first-order chi connectivity index (χ1) is 7.74. The van der Waals surface area contributed by atoms with Crippen molar-refractivity contribution in [2.45, 2.75) is 6.92 Å². The quantitative estimate of drug-likeness (QED) is 0.410. The number of nitrogens with zero attached hydrogens (tertiary/aromatic N) is 2. The zero-order chi connectivity index (χ0) is 11.1. The second-order valence-electron chi connectivity index (χ2n) is 4.17. The first-order valence-electron chi connectivity index (χ1n) is 5.40. The van der Waals surface area contributed by atoms with E-state index in [1.165, 1.54) is 21.9 Å². The van der Waals surface area contributed by atoms with Gasteiger partial charge in [-0.2, -0.15) is 0 Å². The summed E-state index contributed by atoms with van der Waals surface area (Å²) in [5.74, 6) is 0. The van der Waals surface area contributed by atoms with Crippen molar-refractivity contribution in [2.75, 3.05) is 0 Å². The first kappa shape index (κ1) is 9.28. The van der Waals surface area contributed by atoms with Gasteiger partial charge in [0.05, 0.1) is 0 Å². The number of hydrogen-bond acceptors (Lipinski definition) is 1. The van der Waals surface area contributed by atoms with E-state index >= 15 is 0 Å². The lowest BCUT2D eigenvalue weighted by Gasteiger charge is -2.00. The predicted molar refractivity (Wildman–Crippen MR) is 65.2 cm³/mol. The second kappa shape index (κ2) is 3.27. The fourth-order valence-corrected chi connectivity index (χ4v) is 2.01. The van der Waals surface area contributed by atoms with Gasteiger partial charge in [-0.3, -0.25) is 0 Å². The van der Waals surface area contributed by atoms with Crippen LogP contribution < -0.4 is 4.68 Å². The molecule has 0 radical (unpaired) electrons. The molecule has 0 aliphatic rings. The molecule has 0 amide bonds. The van der Waals surface area contributed by atoms with Crippen LogP contribution in [0.5, 0.6) is 0 Å². The van der Waals surface area contributed by atoms with E-state index in [-0.39, 0.29) is 0 Å². The smallest absolute Gasteiger partial charge is 0.0909 e. The fraction of sp³-hybridized carbons (Fsp3) is 0.143. The van der Waals surface area contributed by atoms with Crippen molar-refractivity contribution in [1.82, 2.24) is 5.10 Å². The molecule has 2 heteroatoms. The van der Waals surface area contributed by atoms with Gasteiger partial charge in [-0.25, -0.2) is 0 Å². The third kappa shape index (κ3) is 1.34. The monoisotopic (exact) mass is 209 g/mol. The molecular weight excluding hydrogens is 196 g/mol. The van der Waals surface area contributed by atoms with Crippen LogP contribution in [0.25, 0.3) is 21.7 Å². The van der Waals surface area contributed by atoms with Crippen molar-refractivity contribution in [3.8, 4) is 0 Å². The summed E-state index contributed by atoms with van der Waals surface area (Å²) in [7, 11) is 1.98. The van der Waals surface area contributed by atoms with Crippen LogP contribution in [0.1, 0.15) is 5.69 Å². The lowest BCUT2D eigenvalue weighted by Crippen LogP contribution is -2.36. The van der Waals surface area contributed by atoms with Crippen LogP contribution in [0, 0.1) is 6.92 Å². The van der Waals surface area contributed by atoms with Crippen LogP contribution in [-0.2, 0) is 7.05 Å². The van der Waals surface area contributed by atoms with E-state index in [0.717, 1.165) is 5.52 Å². The van der Waals surface area contributed by atoms with Gasteiger partial charge in [-0.05, 0) is 22.9 Å². The molecule has 78 valence electrons. The Kier molecular flexibility index (Phi) is 1.90. The summed E-state index contributed by atoms with van der Waals surface area (Å²) >= 11 is 0. The van der Waals surface area contributed by atoms with Gasteiger partial charge in [0.15, 0.2) is 7.05 Å². The summed E-state index contributed by atoms with van der Waals surface area (Å²) in [6.45, 7) is 2.07. The summed E-state index contributed by atoms with van der Waals surface area (Å²) in [4.78, 5) is 0. The van der Waals surface area contributed by atoms with Gasteiger partial charge >= 0.3 is 0 Å². The topological polar surface area (TPSA) is 16.8 Å². The number of rotatable bonds is 0. The summed E-state index contributed by atoms with van der Waals surface area (Å²) < 4.78 is 1.91. The molecule has 1 aromatic heterocycles. The van der Waals surface area contributed by atoms with E-state index < -0.39 is 0 Å². The zero-order valence-corrected chi connectivity index (χ0v) is 9.44. The maximum atomic E-state index is 4.54. The van der Waals surface area contributed by atoms with Crippen molar-refractivity contribution in [3.05, 3.63) is 48.2 Å². The molecule has 3 aromatic rings. The van der Waals surface area contributed by atoms with Crippen molar-refractivity contribution >= 4 is 21.7 Å². The standard InChI is InChI=1S/C14H13N2/c1-10-7-13-8-11-5-3-4-6-12(11)9-14(13)15-16(10)2/h3-9H,1-2H3/q+1. The third-order valence-corrected chi connectivity index (χ3v) is 3.03. The van der Waals surface area contributed by atoms with Crippen LogP contribution in [0.3, 0.4) is 0 Å². The molecule has 0 saturated carbocycles. The van der Waals surface area contributed by atoms with Crippen LogP contribution in [0.4, 0.5) is 0 Å². The normalized spacial score (nSPS) is 11.1. The molecule has 0 atom stereocenters. The molecule has 0 aliphatic carbocycles. The molecular formula is C14H13N2+. The molecule has 0 aliphatic heterocycles. The highest BCUT2D eigenvalue weighted by Gasteiger charge is 2.06. The Balaban J connectivity index is 2.46. The predicted octanol–water partition coefficient (Wildman–Crippen LogP) is 2.52. The summed E-state index contributed by atoms with van der Waals surface area (Å²) in [5, 5.41) is 8.26. The zero-order valence-electron chi connectivity index (χ0n) is 9.44. The molecule has 0 fully saturated rings. The Hall–Kier alpha value is -1.96. The fourth-order valence-electron chi connectivity index (χ4n) is 2.01. The van der Waals surface area contributed by atoms with Gasteiger partial charge in [-0.1, -0.05) is 28.9 Å². The molecule has 2 aromatic carbocycles. The van der Waals surface area contributed by atoms with Crippen molar-refractivity contribution in [2.24, 2.45) is 7.05 Å². The lowest BCUT2D eigenvalue weighted by molar-refractivity contribution is -0.734. The van der Waals surface area contributed by atoms with Gasteiger partial charge < -0.3 is 0 Å². The molecule has 3 rings (SSSR count). The van der Waals surface area contributed by atoms with Crippen LogP contribution in [-0.4, -0.2) is 5.10 Å². The molecule has 16 heavy (non-hydrogen) atoms. The van der Waals surface area contributed by atoms with Gasteiger partial charge in [0, 0.05) is 23.5 Å². The number of aryl methyl sites for hydroxylation is 2. The van der Waals surface area contributed by atoms with Crippen molar-refractivity contribution < 1.29 is 4.68 Å². The average molecular weight is 209 g/mol. The largest absolute Gasteiger partial charge is 0.205 e. The highest BCUT2D eigenvalue weighted by molar-refractivity contribution is 5.96. The summed E-state index contributed by atoms with van der Waals surface area (Å²) in [5.41, 5.74) is 2.22. The Morgan fingerprint density at radius 1 is 0.938 bits per heavy atom. The Labute approximate surface area is 94.1 Å². The van der Waals surface area contributed by atoms with E-state index in [4.69, 9.17) is 0 Å². The Bertz CT molecular complexity index is 627. The Morgan fingerprint density at radius 3 is 2.38 bits per heavy atom. The van der Waals surface area contributed by atoms with E-state index in [0.29, 0.717) is 0 Å². The molecule has 0 saturated heterocycles. The number of hydrogen-bond donors (Lipinski definition) is 0. The SMILES string of the molecule is Cc1cc2cc3ccccc3cc2n[n+]1C. The van der Waals surface area contributed by atoms with Gasteiger partial charge in [-0.15, -0.1) is 0 Å². The van der Waals surface area contributed by atoms with E-state index in [9.17, 15) is 0 Å². The van der Waals surface area contributed by atoms with E-state index in [2.05, 4.69) is 54.5 Å². The Morgan fingerprint density at radius 2 is 1.62 bits per heavy atom. The third-order valence-electron chi connectivity index (χ3n) is 3.03. The molecule has 2 nitrogen and oxygen atoms in total. The average Bonchev–Trinajstić information content (AvgIpc) is 2.28. The highest BCUT2D eigenvalue weighted by atomic mass is 15.2. The van der Waals surface area contributed by atoms with Crippen LogP contribution >= 0.6 is 0 Å². The minimum absolute atomic E-state index is 1.05. The lowest BCUT2D eigenvalue weighted by atomic mass is 10.1. The maximum Gasteiger partial charge on any atom is 0.205 e. The molecule has 1 heterocycles. The van der Waals surface area contributed by atoms with Crippen LogP contribution in [0.2, 0.25) is 0 Å². The van der Waals surface area contributed by atoms with Crippen LogP contribution in [0.15, 0.2) is 42.5 Å². The maximum absolute atomic E-state index is 4.54. The van der Waals surface area contributed by atoms with E-state index in [1.54, 1.807) is 0 Å². The van der Waals surface area contributed by atoms with Crippen molar-refractivity contribution in [3.63, 3.8) is 0 Å². The number of benzene rings is 2. The first-order valence-corrected chi connectivity index (χ1v) is 5.40. The minimum Gasteiger partial charge on any atom is -0.0909 e. The van der Waals surface area contributed by atoms with Gasteiger partial charge in [0.1, 0.15) is 5.52 Å². The van der Waals surface area contributed by atoms with E-state index in [1.807, 2.05) is 11.7 Å². The number of fused-ring (bicyclic) bond motifs is 2. The number of aromatic nitrogens is 2.